The molecule has 4 heteroatoms. The van der Waals surface area contributed by atoms with E-state index < -0.39 is 5.76 Å². The lowest BCUT2D eigenvalue weighted by Crippen LogP contribution is -2.14. The third-order valence-corrected chi connectivity index (χ3v) is 1.78. The Hall–Kier alpha value is -1.32. The largest absolute Gasteiger partial charge is 0.441 e. The Labute approximate surface area is 76.9 Å². The monoisotopic (exact) mass is 182 g/mol. The van der Waals surface area contributed by atoms with E-state index in [2.05, 4.69) is 22.7 Å². The molecule has 1 aromatic heterocycles. The smallest absolute Gasteiger partial charge is 0.296 e. The van der Waals surface area contributed by atoms with Gasteiger partial charge in [0.2, 0.25) is 0 Å². The highest BCUT2D eigenvalue weighted by molar-refractivity contribution is 4.87. The fraction of sp³-hybridized carbons (Fsp3) is 0.556. The van der Waals surface area contributed by atoms with Crippen molar-refractivity contribution in [3.63, 3.8) is 0 Å². The molecule has 0 radical (unpaired) electrons. The van der Waals surface area contributed by atoms with Gasteiger partial charge in [0.1, 0.15) is 0 Å². The van der Waals surface area contributed by atoms with Crippen LogP contribution in [0.5, 0.6) is 0 Å². The van der Waals surface area contributed by atoms with Crippen molar-refractivity contribution in [1.82, 2.24) is 9.72 Å². The molecule has 1 aromatic rings. The van der Waals surface area contributed by atoms with Crippen LogP contribution in [0.4, 0.5) is 0 Å². The van der Waals surface area contributed by atoms with Gasteiger partial charge in [-0.05, 0) is 13.3 Å². The van der Waals surface area contributed by atoms with Crippen LogP contribution >= 0.6 is 0 Å². The van der Waals surface area contributed by atoms with E-state index in [0.29, 0.717) is 12.4 Å². The third-order valence-electron chi connectivity index (χ3n) is 1.78. The van der Waals surface area contributed by atoms with Crippen molar-refractivity contribution in [3.05, 3.63) is 28.5 Å². The summed E-state index contributed by atoms with van der Waals surface area (Å²) < 4.78 is 5.97. The van der Waals surface area contributed by atoms with Gasteiger partial charge in [0.25, 0.3) is 0 Å². The second-order valence-electron chi connectivity index (χ2n) is 2.87. The average molecular weight is 182 g/mol. The maximum atomic E-state index is 11.0. The molecular formula is C9H14N2O2. The van der Waals surface area contributed by atoms with Crippen molar-refractivity contribution in [2.24, 2.45) is 0 Å². The van der Waals surface area contributed by atoms with Gasteiger partial charge in [-0.1, -0.05) is 30.7 Å². The van der Waals surface area contributed by atoms with E-state index in [1.165, 1.54) is 4.57 Å². The predicted octanol–water partition coefficient (Wildman–Crippen LogP) is 1.50. The van der Waals surface area contributed by atoms with Crippen molar-refractivity contribution in [2.75, 3.05) is 0 Å². The SMILES string of the molecule is CCC/C=C\Cn1c(C)noc1=O. The molecule has 0 bridgehead atoms. The lowest BCUT2D eigenvalue weighted by molar-refractivity contribution is 0.376. The highest BCUT2D eigenvalue weighted by Gasteiger charge is 2.02. The Morgan fingerprint density at radius 3 is 2.85 bits per heavy atom. The van der Waals surface area contributed by atoms with E-state index in [1.54, 1.807) is 6.92 Å². The fourth-order valence-corrected chi connectivity index (χ4v) is 1.01. The van der Waals surface area contributed by atoms with Gasteiger partial charge in [0.05, 0.1) is 0 Å². The highest BCUT2D eigenvalue weighted by atomic mass is 16.5. The summed E-state index contributed by atoms with van der Waals surface area (Å²) in [6.07, 6.45) is 6.17. The molecule has 0 atom stereocenters. The van der Waals surface area contributed by atoms with Crippen molar-refractivity contribution in [1.29, 1.82) is 0 Å². The molecule has 72 valence electrons. The van der Waals surface area contributed by atoms with Crippen LogP contribution in [0.25, 0.3) is 0 Å². The molecule has 0 amide bonds. The van der Waals surface area contributed by atoms with Crippen LogP contribution in [-0.2, 0) is 6.54 Å². The zero-order valence-electron chi connectivity index (χ0n) is 7.99. The van der Waals surface area contributed by atoms with Crippen molar-refractivity contribution in [2.45, 2.75) is 33.2 Å². The fourth-order valence-electron chi connectivity index (χ4n) is 1.01. The predicted molar refractivity (Wildman–Crippen MR) is 49.5 cm³/mol. The number of hydrogen-bond acceptors (Lipinski definition) is 3. The number of aryl methyl sites for hydroxylation is 1. The second-order valence-corrected chi connectivity index (χ2v) is 2.87. The van der Waals surface area contributed by atoms with Gasteiger partial charge >= 0.3 is 5.76 Å². The van der Waals surface area contributed by atoms with E-state index in [-0.39, 0.29) is 0 Å². The van der Waals surface area contributed by atoms with Crippen molar-refractivity contribution < 1.29 is 4.52 Å². The van der Waals surface area contributed by atoms with Crippen LogP contribution in [0, 0.1) is 6.92 Å². The maximum Gasteiger partial charge on any atom is 0.441 e. The molecule has 0 N–H and O–H groups in total. The molecule has 0 unspecified atom stereocenters. The molecular weight excluding hydrogens is 168 g/mol. The van der Waals surface area contributed by atoms with Gasteiger partial charge in [0, 0.05) is 6.54 Å². The summed E-state index contributed by atoms with van der Waals surface area (Å²) >= 11 is 0. The Morgan fingerprint density at radius 2 is 2.31 bits per heavy atom. The Kier molecular flexibility index (Phi) is 3.49. The molecule has 0 aliphatic heterocycles. The van der Waals surface area contributed by atoms with Crippen molar-refractivity contribution in [3.8, 4) is 0 Å². The van der Waals surface area contributed by atoms with Crippen LogP contribution < -0.4 is 5.76 Å². The minimum absolute atomic E-state index is 0.390. The third kappa shape index (κ3) is 2.57. The average Bonchev–Trinajstić information content (AvgIpc) is 2.42. The van der Waals surface area contributed by atoms with Gasteiger partial charge in [-0.3, -0.25) is 9.09 Å². The Morgan fingerprint density at radius 1 is 1.54 bits per heavy atom. The number of unbranched alkanes of at least 4 members (excludes halogenated alkanes) is 1. The standard InChI is InChI=1S/C9H14N2O2/c1-3-4-5-6-7-11-8(2)10-13-9(11)12/h5-6H,3-4,7H2,1-2H3/b6-5-. The molecule has 4 nitrogen and oxygen atoms in total. The van der Waals surface area contributed by atoms with Gasteiger partial charge in [-0.25, -0.2) is 4.79 Å². The van der Waals surface area contributed by atoms with Crippen LogP contribution in [0.1, 0.15) is 25.6 Å². The van der Waals surface area contributed by atoms with E-state index in [1.807, 2.05) is 6.08 Å². The first kappa shape index (κ1) is 9.77. The summed E-state index contributed by atoms with van der Waals surface area (Å²) in [5, 5.41) is 3.56. The summed E-state index contributed by atoms with van der Waals surface area (Å²) in [6, 6.07) is 0. The Bertz CT molecular complexity index is 336. The first-order valence-corrected chi connectivity index (χ1v) is 4.43. The molecule has 0 spiro atoms. The van der Waals surface area contributed by atoms with E-state index in [9.17, 15) is 4.79 Å². The van der Waals surface area contributed by atoms with Crippen LogP contribution in [0.3, 0.4) is 0 Å². The Balaban J connectivity index is 2.59. The first-order chi connectivity index (χ1) is 6.25. The molecule has 0 aromatic carbocycles. The second kappa shape index (κ2) is 4.64. The topological polar surface area (TPSA) is 48.0 Å². The minimum atomic E-state index is -0.390. The molecule has 1 heterocycles. The molecule has 0 fully saturated rings. The van der Waals surface area contributed by atoms with E-state index >= 15 is 0 Å². The number of rotatable bonds is 4. The summed E-state index contributed by atoms with van der Waals surface area (Å²) in [5.74, 6) is 0.227. The zero-order chi connectivity index (χ0) is 9.68. The molecule has 0 saturated heterocycles. The highest BCUT2D eigenvalue weighted by Crippen LogP contribution is 1.92. The number of nitrogens with zero attached hydrogens (tertiary/aromatic N) is 2. The molecule has 0 saturated carbocycles. The number of allylic oxidation sites excluding steroid dienone is 2. The van der Waals surface area contributed by atoms with Crippen LogP contribution in [-0.4, -0.2) is 9.72 Å². The van der Waals surface area contributed by atoms with Gasteiger partial charge in [0.15, 0.2) is 5.82 Å². The van der Waals surface area contributed by atoms with Gasteiger partial charge in [-0.15, -0.1) is 0 Å². The summed E-state index contributed by atoms with van der Waals surface area (Å²) in [7, 11) is 0. The minimum Gasteiger partial charge on any atom is -0.296 e. The van der Waals surface area contributed by atoms with Gasteiger partial charge in [-0.2, -0.15) is 0 Å². The molecule has 13 heavy (non-hydrogen) atoms. The maximum absolute atomic E-state index is 11.0. The quantitative estimate of drug-likeness (QED) is 0.663. The summed E-state index contributed by atoms with van der Waals surface area (Å²) in [6.45, 7) is 4.41. The van der Waals surface area contributed by atoms with Crippen LogP contribution in [0.15, 0.2) is 21.5 Å². The molecule has 0 aliphatic carbocycles. The van der Waals surface area contributed by atoms with Gasteiger partial charge < -0.3 is 0 Å². The summed E-state index contributed by atoms with van der Waals surface area (Å²) in [5.41, 5.74) is 0. The summed E-state index contributed by atoms with van der Waals surface area (Å²) in [4.78, 5) is 11.0. The van der Waals surface area contributed by atoms with E-state index in [4.69, 9.17) is 0 Å². The lowest BCUT2D eigenvalue weighted by atomic mass is 10.3. The van der Waals surface area contributed by atoms with E-state index in [0.717, 1.165) is 12.8 Å². The first-order valence-electron chi connectivity index (χ1n) is 4.43. The number of aromatic nitrogens is 2. The van der Waals surface area contributed by atoms with Crippen LogP contribution in [0.2, 0.25) is 0 Å². The molecule has 1 rings (SSSR count). The normalized spacial score (nSPS) is 11.2. The molecule has 0 aliphatic rings. The number of hydrogen-bond donors (Lipinski definition) is 0. The zero-order valence-corrected chi connectivity index (χ0v) is 7.99. The van der Waals surface area contributed by atoms with Crippen molar-refractivity contribution >= 4 is 0 Å². The lowest BCUT2D eigenvalue weighted by Gasteiger charge is -1.93.